The van der Waals surface area contributed by atoms with Crippen LogP contribution < -0.4 is 0 Å². The zero-order valence-corrected chi connectivity index (χ0v) is 18.6. The van der Waals surface area contributed by atoms with Gasteiger partial charge in [0.1, 0.15) is 0 Å². The summed E-state index contributed by atoms with van der Waals surface area (Å²) in [5.74, 6) is -4.27. The molecule has 0 aromatic carbocycles. The molecule has 2 saturated carbocycles. The van der Waals surface area contributed by atoms with Gasteiger partial charge < -0.3 is 14.2 Å². The molecule has 1 aliphatic heterocycles. The van der Waals surface area contributed by atoms with E-state index in [0.717, 1.165) is 0 Å². The number of hydrogen-bond donors (Lipinski definition) is 0. The van der Waals surface area contributed by atoms with E-state index >= 15 is 0 Å². The summed E-state index contributed by atoms with van der Waals surface area (Å²) in [4.78, 5) is 63.4. The molecule has 170 valence electrons. The Morgan fingerprint density at radius 1 is 1.16 bits per heavy atom. The number of rotatable bonds is 4. The molecule has 0 spiro atoms. The monoisotopic (exact) mass is 434 g/mol. The van der Waals surface area contributed by atoms with Crippen molar-refractivity contribution in [1.29, 1.82) is 0 Å². The molecule has 0 bridgehead atoms. The Hall–Kier alpha value is -2.51. The number of cyclic esters (lactones) is 1. The molecule has 3 aliphatic rings. The first-order valence-corrected chi connectivity index (χ1v) is 10.7. The molecule has 7 atom stereocenters. The number of carbonyl (C=O) groups excluding carboxylic acids is 5. The maximum Gasteiger partial charge on any atom is 0.310 e. The highest BCUT2D eigenvalue weighted by atomic mass is 16.6. The summed E-state index contributed by atoms with van der Waals surface area (Å²) in [6.45, 7) is 6.59. The number of esters is 3. The van der Waals surface area contributed by atoms with E-state index in [1.54, 1.807) is 13.0 Å². The molecular weight excluding hydrogens is 404 g/mol. The minimum atomic E-state index is -1.10. The van der Waals surface area contributed by atoms with Gasteiger partial charge in [-0.05, 0) is 43.1 Å². The smallest absolute Gasteiger partial charge is 0.310 e. The first-order chi connectivity index (χ1) is 14.5. The summed E-state index contributed by atoms with van der Waals surface area (Å²) in [5.41, 5.74) is -1.72. The fourth-order valence-corrected chi connectivity index (χ4v) is 6.25. The molecule has 8 heteroatoms. The highest BCUT2D eigenvalue weighted by Gasteiger charge is 2.68. The number of ether oxygens (including phenoxy) is 3. The number of carbonyl (C=O) groups is 5. The van der Waals surface area contributed by atoms with Crippen molar-refractivity contribution in [2.24, 2.45) is 28.6 Å². The molecule has 31 heavy (non-hydrogen) atoms. The first kappa shape index (κ1) is 23.2. The summed E-state index contributed by atoms with van der Waals surface area (Å²) in [6.07, 6.45) is 1.92. The molecule has 0 aromatic rings. The molecule has 1 heterocycles. The third-order valence-corrected chi connectivity index (χ3v) is 7.54. The van der Waals surface area contributed by atoms with E-state index < -0.39 is 58.7 Å². The lowest BCUT2D eigenvalue weighted by molar-refractivity contribution is -0.209. The van der Waals surface area contributed by atoms with Crippen LogP contribution >= 0.6 is 0 Å². The van der Waals surface area contributed by atoms with Crippen LogP contribution in [0, 0.1) is 28.6 Å². The summed E-state index contributed by atoms with van der Waals surface area (Å²) >= 11 is 0. The van der Waals surface area contributed by atoms with Gasteiger partial charge in [-0.3, -0.25) is 24.0 Å². The van der Waals surface area contributed by atoms with E-state index in [1.807, 2.05) is 13.8 Å². The number of allylic oxidation sites excluding steroid dienone is 1. The Bertz CT molecular complexity index is 845. The van der Waals surface area contributed by atoms with Crippen molar-refractivity contribution in [1.82, 2.24) is 0 Å². The molecule has 0 amide bonds. The predicted octanol–water partition coefficient (Wildman–Crippen LogP) is 2.18. The molecule has 3 rings (SSSR count). The van der Waals surface area contributed by atoms with Gasteiger partial charge in [0.05, 0.1) is 18.9 Å². The fourth-order valence-electron chi connectivity index (χ4n) is 6.25. The number of Topliss-reactive ketones (excluding diaryl/α,β-unsaturated/α-hetero) is 1. The van der Waals surface area contributed by atoms with Crippen LogP contribution in [0.5, 0.6) is 0 Å². The van der Waals surface area contributed by atoms with E-state index in [-0.39, 0.29) is 24.4 Å². The van der Waals surface area contributed by atoms with Crippen LogP contribution in [0.15, 0.2) is 12.2 Å². The average molecular weight is 434 g/mol. The molecule has 0 aromatic heterocycles. The SMILES string of the molecule is C/C=C\C(=O)[C@@H]1C[C@]2(C)[C@H]3C(=O)[C@@H](OC(C)=O)C[C@@H](C(=O)OC)[C@]3(C)CC[C@H]2C(=O)O1. The average Bonchev–Trinajstić information content (AvgIpc) is 2.68. The van der Waals surface area contributed by atoms with Gasteiger partial charge in [-0.2, -0.15) is 0 Å². The Morgan fingerprint density at radius 3 is 2.42 bits per heavy atom. The normalized spacial score (nSPS) is 39.8. The molecular formula is C23H30O8. The van der Waals surface area contributed by atoms with Crippen molar-refractivity contribution in [2.75, 3.05) is 7.11 Å². The van der Waals surface area contributed by atoms with Crippen molar-refractivity contribution in [3.8, 4) is 0 Å². The van der Waals surface area contributed by atoms with E-state index in [9.17, 15) is 24.0 Å². The van der Waals surface area contributed by atoms with E-state index in [0.29, 0.717) is 12.8 Å². The van der Waals surface area contributed by atoms with Crippen LogP contribution in [0.4, 0.5) is 0 Å². The molecule has 3 fully saturated rings. The predicted molar refractivity (Wildman–Crippen MR) is 107 cm³/mol. The number of hydrogen-bond acceptors (Lipinski definition) is 8. The van der Waals surface area contributed by atoms with Crippen molar-refractivity contribution in [3.63, 3.8) is 0 Å². The highest BCUT2D eigenvalue weighted by Crippen LogP contribution is 2.64. The third kappa shape index (κ3) is 3.70. The summed E-state index contributed by atoms with van der Waals surface area (Å²) in [7, 11) is 1.29. The van der Waals surface area contributed by atoms with E-state index in [1.165, 1.54) is 20.1 Å². The van der Waals surface area contributed by atoms with Crippen LogP contribution in [0.25, 0.3) is 0 Å². The van der Waals surface area contributed by atoms with Crippen LogP contribution in [0.3, 0.4) is 0 Å². The quantitative estimate of drug-likeness (QED) is 0.376. The Balaban J connectivity index is 2.10. The molecule has 8 nitrogen and oxygen atoms in total. The third-order valence-electron chi connectivity index (χ3n) is 7.54. The maximum atomic E-state index is 13.6. The van der Waals surface area contributed by atoms with Crippen LogP contribution in [0.1, 0.15) is 53.4 Å². The van der Waals surface area contributed by atoms with Gasteiger partial charge in [0.15, 0.2) is 23.8 Å². The second-order valence-electron chi connectivity index (χ2n) is 9.38. The Kier molecular flexibility index (Phi) is 6.13. The molecule has 1 saturated heterocycles. The Labute approximate surface area is 181 Å². The number of ketones is 2. The fraction of sp³-hybridized carbons (Fsp3) is 0.696. The maximum absolute atomic E-state index is 13.6. The summed E-state index contributed by atoms with van der Waals surface area (Å²) < 4.78 is 15.8. The van der Waals surface area contributed by atoms with Crippen molar-refractivity contribution in [2.45, 2.75) is 65.6 Å². The summed E-state index contributed by atoms with van der Waals surface area (Å²) in [5, 5.41) is 0. The second-order valence-corrected chi connectivity index (χ2v) is 9.38. The van der Waals surface area contributed by atoms with E-state index in [2.05, 4.69) is 0 Å². The van der Waals surface area contributed by atoms with Crippen molar-refractivity contribution >= 4 is 29.5 Å². The van der Waals surface area contributed by atoms with Crippen LogP contribution in [-0.2, 0) is 38.2 Å². The minimum absolute atomic E-state index is 0.0458. The topological polar surface area (TPSA) is 113 Å². The van der Waals surface area contributed by atoms with Gasteiger partial charge >= 0.3 is 17.9 Å². The number of methoxy groups -OCH3 is 1. The zero-order valence-electron chi connectivity index (χ0n) is 18.6. The summed E-state index contributed by atoms with van der Waals surface area (Å²) in [6, 6.07) is 0. The van der Waals surface area contributed by atoms with Crippen LogP contribution in [-0.4, -0.2) is 48.8 Å². The minimum Gasteiger partial charge on any atom is -0.469 e. The van der Waals surface area contributed by atoms with Crippen LogP contribution in [0.2, 0.25) is 0 Å². The largest absolute Gasteiger partial charge is 0.469 e. The van der Waals surface area contributed by atoms with Gasteiger partial charge in [-0.1, -0.05) is 19.9 Å². The van der Waals surface area contributed by atoms with E-state index in [4.69, 9.17) is 14.2 Å². The van der Waals surface area contributed by atoms with Gasteiger partial charge in [0.2, 0.25) is 0 Å². The lowest BCUT2D eigenvalue weighted by atomic mass is 9.43. The Morgan fingerprint density at radius 2 is 1.84 bits per heavy atom. The molecule has 0 radical (unpaired) electrons. The first-order valence-electron chi connectivity index (χ1n) is 10.7. The van der Waals surface area contributed by atoms with Gasteiger partial charge in [0, 0.05) is 19.3 Å². The standard InChI is InChI=1S/C23H30O8/c1-6-7-15(25)17-11-23(4)13(21(28)31-17)8-9-22(3)14(20(27)29-5)10-16(30-12(2)24)18(26)19(22)23/h6-7,13-14,16-17,19H,8-11H2,1-5H3/b7-6-/t13-,14-,16-,17-,19-,22-,23-/m0/s1. The molecule has 0 unspecified atom stereocenters. The van der Waals surface area contributed by atoms with Gasteiger partial charge in [0.25, 0.3) is 0 Å². The number of fused-ring (bicyclic) bond motifs is 3. The lowest BCUT2D eigenvalue weighted by Gasteiger charge is -2.60. The van der Waals surface area contributed by atoms with Gasteiger partial charge in [-0.15, -0.1) is 0 Å². The molecule has 2 aliphatic carbocycles. The highest BCUT2D eigenvalue weighted by molar-refractivity contribution is 5.97. The van der Waals surface area contributed by atoms with Crippen molar-refractivity contribution < 1.29 is 38.2 Å². The zero-order chi connectivity index (χ0) is 23.1. The van der Waals surface area contributed by atoms with Crippen molar-refractivity contribution in [3.05, 3.63) is 12.2 Å². The lowest BCUT2D eigenvalue weighted by Crippen LogP contribution is -2.65. The second kappa shape index (κ2) is 8.20. The molecule has 0 N–H and O–H groups in total. The van der Waals surface area contributed by atoms with Gasteiger partial charge in [-0.25, -0.2) is 0 Å².